The lowest BCUT2D eigenvalue weighted by Gasteiger charge is -2.15. The van der Waals surface area contributed by atoms with E-state index in [2.05, 4.69) is 13.2 Å². The van der Waals surface area contributed by atoms with Crippen molar-refractivity contribution < 1.29 is 19.1 Å². The highest BCUT2D eigenvalue weighted by atomic mass is 16.6. The molecule has 0 aromatic heterocycles. The molecule has 0 rings (SSSR count). The summed E-state index contributed by atoms with van der Waals surface area (Å²) in [6.07, 6.45) is 8.21. The van der Waals surface area contributed by atoms with Gasteiger partial charge in [-0.25, -0.2) is 9.59 Å². The van der Waals surface area contributed by atoms with Crippen LogP contribution in [0.5, 0.6) is 0 Å². The van der Waals surface area contributed by atoms with Crippen molar-refractivity contribution in [3.05, 3.63) is 49.2 Å². The molecule has 0 spiro atoms. The van der Waals surface area contributed by atoms with Gasteiger partial charge < -0.3 is 14.4 Å². The molecule has 0 fully saturated rings. The predicted octanol–water partition coefficient (Wildman–Crippen LogP) is 2.23. The molecule has 0 aliphatic rings. The van der Waals surface area contributed by atoms with E-state index in [0.717, 1.165) is 0 Å². The molecule has 0 atom stereocenters. The van der Waals surface area contributed by atoms with Gasteiger partial charge in [0.1, 0.15) is 5.57 Å². The zero-order chi connectivity index (χ0) is 16.1. The summed E-state index contributed by atoms with van der Waals surface area (Å²) in [6, 6.07) is 0. The van der Waals surface area contributed by atoms with Crippen LogP contribution >= 0.6 is 0 Å². The molecule has 5 heteroatoms. The van der Waals surface area contributed by atoms with Crippen molar-refractivity contribution in [2.45, 2.75) is 13.8 Å². The zero-order valence-electron chi connectivity index (χ0n) is 12.7. The summed E-state index contributed by atoms with van der Waals surface area (Å²) < 4.78 is 9.67. The van der Waals surface area contributed by atoms with Crippen LogP contribution in [-0.4, -0.2) is 43.1 Å². The summed E-state index contributed by atoms with van der Waals surface area (Å²) in [5.41, 5.74) is -0.132. The number of hydrogen-bond donors (Lipinski definition) is 0. The number of rotatable bonds is 10. The second-order valence-electron chi connectivity index (χ2n) is 3.89. The van der Waals surface area contributed by atoms with Gasteiger partial charge in [-0.2, -0.15) is 0 Å². The van der Waals surface area contributed by atoms with Crippen molar-refractivity contribution in [2.24, 2.45) is 0 Å². The van der Waals surface area contributed by atoms with Gasteiger partial charge in [-0.05, 0) is 32.2 Å². The Bertz CT molecular complexity index is 394. The van der Waals surface area contributed by atoms with Gasteiger partial charge in [-0.15, -0.1) is 13.2 Å². The molecule has 0 N–H and O–H groups in total. The lowest BCUT2D eigenvalue weighted by molar-refractivity contribution is -0.146. The second-order valence-corrected chi connectivity index (χ2v) is 3.89. The highest BCUT2D eigenvalue weighted by molar-refractivity contribution is 6.14. The van der Waals surface area contributed by atoms with Gasteiger partial charge >= 0.3 is 11.9 Å². The molecule has 5 nitrogen and oxygen atoms in total. The lowest BCUT2D eigenvalue weighted by atomic mass is 10.2. The highest BCUT2D eigenvalue weighted by Crippen LogP contribution is 2.03. The van der Waals surface area contributed by atoms with Crippen molar-refractivity contribution in [2.75, 3.05) is 26.3 Å². The van der Waals surface area contributed by atoms with Crippen molar-refractivity contribution in [3.8, 4) is 0 Å². The molecule has 0 saturated carbocycles. The molecule has 0 bridgehead atoms. The van der Waals surface area contributed by atoms with Crippen molar-refractivity contribution in [1.82, 2.24) is 4.90 Å². The minimum absolute atomic E-state index is 0.132. The quantitative estimate of drug-likeness (QED) is 0.154. The summed E-state index contributed by atoms with van der Waals surface area (Å²) in [7, 11) is 0. The normalized spacial score (nSPS) is 9.81. The van der Waals surface area contributed by atoms with E-state index >= 15 is 0 Å². The van der Waals surface area contributed by atoms with Gasteiger partial charge in [0.05, 0.1) is 13.2 Å². The molecule has 116 valence electrons. The summed E-state index contributed by atoms with van der Waals surface area (Å²) in [6.45, 7) is 12.3. The lowest BCUT2D eigenvalue weighted by Crippen LogP contribution is -2.19. The average Bonchev–Trinajstić information content (AvgIpc) is 2.44. The molecular weight excluding hydrogens is 270 g/mol. The van der Waals surface area contributed by atoms with Crippen molar-refractivity contribution in [1.29, 1.82) is 0 Å². The Hall–Kier alpha value is -2.30. The third-order valence-corrected chi connectivity index (χ3v) is 2.28. The Kier molecular flexibility index (Phi) is 10.3. The van der Waals surface area contributed by atoms with Crippen LogP contribution in [0.1, 0.15) is 13.8 Å². The highest BCUT2D eigenvalue weighted by Gasteiger charge is 2.19. The molecule has 21 heavy (non-hydrogen) atoms. The van der Waals surface area contributed by atoms with E-state index in [-0.39, 0.29) is 18.8 Å². The Morgan fingerprint density at radius 1 is 1.00 bits per heavy atom. The molecule has 0 aliphatic carbocycles. The minimum atomic E-state index is -0.695. The maximum atomic E-state index is 11.7. The monoisotopic (exact) mass is 293 g/mol. The van der Waals surface area contributed by atoms with E-state index < -0.39 is 11.9 Å². The maximum Gasteiger partial charge on any atom is 0.345 e. The summed E-state index contributed by atoms with van der Waals surface area (Å²) in [5.74, 6) is -1.39. The third kappa shape index (κ3) is 7.77. The predicted molar refractivity (Wildman–Crippen MR) is 82.5 cm³/mol. The molecule has 0 amide bonds. The fraction of sp³-hybridized carbons (Fsp3) is 0.375. The van der Waals surface area contributed by atoms with Gasteiger partial charge in [0.15, 0.2) is 0 Å². The molecule has 0 saturated heterocycles. The van der Waals surface area contributed by atoms with Gasteiger partial charge in [-0.3, -0.25) is 0 Å². The summed E-state index contributed by atoms with van der Waals surface area (Å²) in [4.78, 5) is 25.3. The first-order chi connectivity index (χ1) is 10.1. The van der Waals surface area contributed by atoms with Crippen molar-refractivity contribution >= 4 is 11.9 Å². The van der Waals surface area contributed by atoms with Crippen LogP contribution in [0.15, 0.2) is 49.2 Å². The third-order valence-electron chi connectivity index (χ3n) is 2.28. The first-order valence-electron chi connectivity index (χ1n) is 6.79. The van der Waals surface area contributed by atoms with E-state index in [1.807, 2.05) is 4.90 Å². The molecule has 0 radical (unpaired) electrons. The van der Waals surface area contributed by atoms with Gasteiger partial charge in [-0.1, -0.05) is 12.2 Å². The van der Waals surface area contributed by atoms with E-state index in [0.29, 0.717) is 13.1 Å². The number of ether oxygens (including phenoxy) is 2. The Labute approximate surface area is 126 Å². The van der Waals surface area contributed by atoms with E-state index in [1.54, 1.807) is 38.3 Å². The van der Waals surface area contributed by atoms with Gasteiger partial charge in [0.2, 0.25) is 0 Å². The van der Waals surface area contributed by atoms with Crippen LogP contribution in [0.3, 0.4) is 0 Å². The molecule has 0 heterocycles. The minimum Gasteiger partial charge on any atom is -0.462 e. The smallest absolute Gasteiger partial charge is 0.345 e. The van der Waals surface area contributed by atoms with E-state index in [4.69, 9.17) is 9.47 Å². The van der Waals surface area contributed by atoms with Crippen LogP contribution in [0, 0.1) is 0 Å². The zero-order valence-corrected chi connectivity index (χ0v) is 12.7. The molecule has 0 unspecified atom stereocenters. The fourth-order valence-corrected chi connectivity index (χ4v) is 1.43. The Morgan fingerprint density at radius 2 is 1.48 bits per heavy atom. The number of esters is 2. The number of carbonyl (C=O) groups excluding carboxylic acids is 2. The summed E-state index contributed by atoms with van der Waals surface area (Å²) in [5, 5.41) is 0. The van der Waals surface area contributed by atoms with Crippen LogP contribution in [0.2, 0.25) is 0 Å². The van der Waals surface area contributed by atoms with Crippen LogP contribution in [0.4, 0.5) is 0 Å². The molecule has 0 aliphatic heterocycles. The molecular formula is C16H23NO4. The summed E-state index contributed by atoms with van der Waals surface area (Å²) >= 11 is 0. The SMILES string of the molecule is C=CCN(/C=C/C=C(C(=O)OCC)C(=O)OCC)CC=C. The van der Waals surface area contributed by atoms with Crippen LogP contribution in [0.25, 0.3) is 0 Å². The topological polar surface area (TPSA) is 55.8 Å². The first kappa shape index (κ1) is 18.7. The van der Waals surface area contributed by atoms with Gasteiger partial charge in [0.25, 0.3) is 0 Å². The second kappa shape index (κ2) is 11.5. The number of hydrogen-bond acceptors (Lipinski definition) is 5. The Morgan fingerprint density at radius 3 is 1.86 bits per heavy atom. The van der Waals surface area contributed by atoms with Crippen LogP contribution in [-0.2, 0) is 19.1 Å². The van der Waals surface area contributed by atoms with Crippen molar-refractivity contribution in [3.63, 3.8) is 0 Å². The maximum absolute atomic E-state index is 11.7. The molecule has 0 aromatic carbocycles. The van der Waals surface area contributed by atoms with Gasteiger partial charge in [0, 0.05) is 13.1 Å². The standard InChI is InChI=1S/C16H23NO4/c1-5-11-17(12-6-2)13-9-10-14(15(18)20-7-3)16(19)21-8-4/h5-6,9-10,13H,1-2,7-8,11-12H2,3-4H3/b13-9+. The number of allylic oxidation sites excluding steroid dienone is 2. The number of carbonyl (C=O) groups is 2. The van der Waals surface area contributed by atoms with E-state index in [1.165, 1.54) is 6.08 Å². The molecule has 0 aromatic rings. The largest absolute Gasteiger partial charge is 0.462 e. The first-order valence-corrected chi connectivity index (χ1v) is 6.79. The number of nitrogens with zero attached hydrogens (tertiary/aromatic N) is 1. The average molecular weight is 293 g/mol. The fourth-order valence-electron chi connectivity index (χ4n) is 1.43. The van der Waals surface area contributed by atoms with E-state index in [9.17, 15) is 9.59 Å². The van der Waals surface area contributed by atoms with Crippen LogP contribution < -0.4 is 0 Å². The Balaban J connectivity index is 5.03.